The van der Waals surface area contributed by atoms with Crippen molar-refractivity contribution >= 4 is 0 Å². The molecule has 0 spiro atoms. The fraction of sp³-hybridized carbons (Fsp3) is 0.875. The fourth-order valence-corrected chi connectivity index (χ4v) is 3.32. The van der Waals surface area contributed by atoms with Gasteiger partial charge in [0.2, 0.25) is 0 Å². The molecular weight excluding hydrogens is 234 g/mol. The van der Waals surface area contributed by atoms with Gasteiger partial charge in [0.05, 0.1) is 0 Å². The molecule has 3 nitrogen and oxygen atoms in total. The molecule has 19 heavy (non-hydrogen) atoms. The lowest BCUT2D eigenvalue weighted by Gasteiger charge is -2.28. The zero-order chi connectivity index (χ0) is 13.7. The van der Waals surface area contributed by atoms with Crippen LogP contribution in [0.2, 0.25) is 0 Å². The average Bonchev–Trinajstić information content (AvgIpc) is 2.84. The van der Waals surface area contributed by atoms with Crippen molar-refractivity contribution in [3.8, 4) is 0 Å². The van der Waals surface area contributed by atoms with Crippen molar-refractivity contribution in [3.05, 3.63) is 12.2 Å². The first-order chi connectivity index (χ1) is 9.20. The Hall–Kier alpha value is -0.860. The van der Waals surface area contributed by atoms with Gasteiger partial charge in [-0.15, -0.1) is 10.2 Å². The van der Waals surface area contributed by atoms with Gasteiger partial charge in [-0.3, -0.25) is 0 Å². The summed E-state index contributed by atoms with van der Waals surface area (Å²) in [7, 11) is 0. The lowest BCUT2D eigenvalue weighted by Crippen LogP contribution is -2.18. The Balaban J connectivity index is 1.89. The molecule has 3 heteroatoms. The van der Waals surface area contributed by atoms with Gasteiger partial charge in [-0.1, -0.05) is 40.0 Å². The summed E-state index contributed by atoms with van der Waals surface area (Å²) in [5, 5.41) is 8.53. The maximum Gasteiger partial charge on any atom is 0.135 e. The van der Waals surface area contributed by atoms with Crippen molar-refractivity contribution in [1.82, 2.24) is 14.8 Å². The number of aromatic nitrogens is 3. The Morgan fingerprint density at radius 1 is 1.26 bits per heavy atom. The lowest BCUT2D eigenvalue weighted by atomic mass is 9.79. The lowest BCUT2D eigenvalue weighted by molar-refractivity contribution is 0.292. The van der Waals surface area contributed by atoms with E-state index in [0.717, 1.165) is 12.5 Å². The monoisotopic (exact) mass is 263 g/mol. The molecule has 0 radical (unpaired) electrons. The third kappa shape index (κ3) is 4.05. The molecule has 1 saturated carbocycles. The van der Waals surface area contributed by atoms with Gasteiger partial charge in [-0.2, -0.15) is 0 Å². The maximum absolute atomic E-state index is 4.39. The Bertz CT molecular complexity index is 362. The molecule has 1 aromatic rings. The van der Waals surface area contributed by atoms with Crippen LogP contribution in [-0.4, -0.2) is 14.8 Å². The van der Waals surface area contributed by atoms with Crippen molar-refractivity contribution in [2.75, 3.05) is 0 Å². The smallest absolute Gasteiger partial charge is 0.135 e. The zero-order valence-corrected chi connectivity index (χ0v) is 12.8. The van der Waals surface area contributed by atoms with Crippen LogP contribution >= 0.6 is 0 Å². The predicted octanol–water partition coefficient (Wildman–Crippen LogP) is 4.40. The molecule has 0 aromatic carbocycles. The first kappa shape index (κ1) is 14.5. The van der Waals surface area contributed by atoms with E-state index in [-0.39, 0.29) is 0 Å². The van der Waals surface area contributed by atoms with Gasteiger partial charge in [0, 0.05) is 12.5 Å². The van der Waals surface area contributed by atoms with Gasteiger partial charge in [-0.25, -0.2) is 0 Å². The molecule has 1 aliphatic rings. The van der Waals surface area contributed by atoms with Gasteiger partial charge < -0.3 is 4.57 Å². The van der Waals surface area contributed by atoms with Crippen LogP contribution in [0.25, 0.3) is 0 Å². The summed E-state index contributed by atoms with van der Waals surface area (Å²) >= 11 is 0. The van der Waals surface area contributed by atoms with Crippen LogP contribution in [0.4, 0.5) is 0 Å². The number of nitrogens with zero attached hydrogens (tertiary/aromatic N) is 3. The van der Waals surface area contributed by atoms with Crippen molar-refractivity contribution in [2.45, 2.75) is 78.2 Å². The summed E-state index contributed by atoms with van der Waals surface area (Å²) in [5.41, 5.74) is 0. The third-order valence-electron chi connectivity index (χ3n) is 4.39. The highest BCUT2D eigenvalue weighted by atomic mass is 15.3. The summed E-state index contributed by atoms with van der Waals surface area (Å²) in [6, 6.07) is 0. The van der Waals surface area contributed by atoms with E-state index in [4.69, 9.17) is 0 Å². The molecule has 0 saturated heterocycles. The molecule has 2 rings (SSSR count). The summed E-state index contributed by atoms with van der Waals surface area (Å²) in [6.07, 6.45) is 11.5. The van der Waals surface area contributed by atoms with Gasteiger partial charge in [-0.05, 0) is 37.5 Å². The van der Waals surface area contributed by atoms with Gasteiger partial charge in [0.15, 0.2) is 0 Å². The van der Waals surface area contributed by atoms with Crippen LogP contribution in [0, 0.1) is 11.8 Å². The van der Waals surface area contributed by atoms with Gasteiger partial charge in [0.25, 0.3) is 0 Å². The van der Waals surface area contributed by atoms with Crippen molar-refractivity contribution in [1.29, 1.82) is 0 Å². The standard InChI is InChI=1S/C16H29N3/c1-4-5-6-14-7-9-15(10-8-14)16-18-17-12-19(16)11-13(2)3/h12-15H,4-11H2,1-3H3. The second-order valence-electron chi connectivity index (χ2n) is 6.60. The van der Waals surface area contributed by atoms with E-state index in [0.29, 0.717) is 11.8 Å². The summed E-state index contributed by atoms with van der Waals surface area (Å²) in [5.74, 6) is 3.52. The topological polar surface area (TPSA) is 30.7 Å². The molecule has 1 aliphatic carbocycles. The van der Waals surface area contributed by atoms with Crippen LogP contribution in [0.5, 0.6) is 0 Å². The summed E-state index contributed by atoms with van der Waals surface area (Å²) in [4.78, 5) is 0. The molecule has 108 valence electrons. The normalized spacial score (nSPS) is 24.0. The highest BCUT2D eigenvalue weighted by Gasteiger charge is 2.25. The molecule has 0 bridgehead atoms. The molecule has 1 aromatic heterocycles. The predicted molar refractivity (Wildman–Crippen MR) is 79.1 cm³/mol. The molecule has 0 N–H and O–H groups in total. The Labute approximate surface area is 117 Å². The SMILES string of the molecule is CCCCC1CCC(c2nncn2CC(C)C)CC1. The molecule has 0 unspecified atom stereocenters. The quantitative estimate of drug-likeness (QED) is 0.761. The van der Waals surface area contributed by atoms with E-state index in [1.165, 1.54) is 50.8 Å². The number of hydrogen-bond acceptors (Lipinski definition) is 2. The number of unbranched alkanes of at least 4 members (excludes halogenated alkanes) is 1. The molecule has 1 fully saturated rings. The van der Waals surface area contributed by atoms with Crippen molar-refractivity contribution < 1.29 is 0 Å². The average molecular weight is 263 g/mol. The largest absolute Gasteiger partial charge is 0.317 e. The molecule has 0 aliphatic heterocycles. The van der Waals surface area contributed by atoms with E-state index in [2.05, 4.69) is 35.5 Å². The number of hydrogen-bond donors (Lipinski definition) is 0. The molecule has 0 atom stereocenters. The van der Waals surface area contributed by atoms with Crippen LogP contribution in [0.1, 0.15) is 77.5 Å². The highest BCUT2D eigenvalue weighted by Crippen LogP contribution is 2.36. The molecule has 0 amide bonds. The minimum absolute atomic E-state index is 0.652. The minimum Gasteiger partial charge on any atom is -0.317 e. The van der Waals surface area contributed by atoms with Crippen LogP contribution in [-0.2, 0) is 6.54 Å². The number of rotatable bonds is 6. The minimum atomic E-state index is 0.652. The van der Waals surface area contributed by atoms with Crippen LogP contribution in [0.15, 0.2) is 6.33 Å². The molecule has 1 heterocycles. The van der Waals surface area contributed by atoms with Crippen molar-refractivity contribution in [2.24, 2.45) is 11.8 Å². The van der Waals surface area contributed by atoms with E-state index in [1.807, 2.05) is 6.33 Å². The fourth-order valence-electron chi connectivity index (χ4n) is 3.32. The van der Waals surface area contributed by atoms with E-state index >= 15 is 0 Å². The Kier molecular flexibility index (Phi) is 5.41. The van der Waals surface area contributed by atoms with Gasteiger partial charge in [0.1, 0.15) is 12.2 Å². The Morgan fingerprint density at radius 3 is 2.63 bits per heavy atom. The first-order valence-electron chi connectivity index (χ1n) is 8.08. The van der Waals surface area contributed by atoms with Crippen LogP contribution in [0.3, 0.4) is 0 Å². The van der Waals surface area contributed by atoms with Gasteiger partial charge >= 0.3 is 0 Å². The van der Waals surface area contributed by atoms with E-state index < -0.39 is 0 Å². The van der Waals surface area contributed by atoms with Crippen LogP contribution < -0.4 is 0 Å². The summed E-state index contributed by atoms with van der Waals surface area (Å²) in [6.45, 7) is 7.86. The third-order valence-corrected chi connectivity index (χ3v) is 4.39. The zero-order valence-electron chi connectivity index (χ0n) is 12.8. The second-order valence-corrected chi connectivity index (χ2v) is 6.60. The van der Waals surface area contributed by atoms with E-state index in [9.17, 15) is 0 Å². The van der Waals surface area contributed by atoms with E-state index in [1.54, 1.807) is 0 Å². The first-order valence-corrected chi connectivity index (χ1v) is 8.08. The van der Waals surface area contributed by atoms with Crippen molar-refractivity contribution in [3.63, 3.8) is 0 Å². The Morgan fingerprint density at radius 2 is 2.00 bits per heavy atom. The highest BCUT2D eigenvalue weighted by molar-refractivity contribution is 4.98. The maximum atomic E-state index is 4.39. The summed E-state index contributed by atoms with van der Waals surface area (Å²) < 4.78 is 2.28. The molecular formula is C16H29N3. The second kappa shape index (κ2) is 7.06.